The maximum absolute atomic E-state index is 8.72. The van der Waals surface area contributed by atoms with E-state index in [1.165, 1.54) is 19.3 Å². The summed E-state index contributed by atoms with van der Waals surface area (Å²) in [5.41, 5.74) is 5.82. The minimum absolute atomic E-state index is 0.362. The van der Waals surface area contributed by atoms with Crippen molar-refractivity contribution in [3.63, 3.8) is 0 Å². The Hall–Kier alpha value is -0.590. The van der Waals surface area contributed by atoms with Crippen molar-refractivity contribution >= 4 is 0 Å². The quantitative estimate of drug-likeness (QED) is 0.767. The summed E-state index contributed by atoms with van der Waals surface area (Å²) < 4.78 is 0. The van der Waals surface area contributed by atoms with E-state index in [-0.39, 0.29) is 0 Å². The molecule has 0 aromatic carbocycles. The van der Waals surface area contributed by atoms with Crippen LogP contribution in [0.4, 0.5) is 0 Å². The second-order valence-corrected chi connectivity index (χ2v) is 4.64. The smallest absolute Gasteiger partial charge is 0.0638 e. The highest BCUT2D eigenvalue weighted by molar-refractivity contribution is 4.88. The van der Waals surface area contributed by atoms with E-state index in [2.05, 4.69) is 24.8 Å². The van der Waals surface area contributed by atoms with Gasteiger partial charge in [-0.15, -0.1) is 0 Å². The fourth-order valence-corrected chi connectivity index (χ4v) is 2.58. The van der Waals surface area contributed by atoms with Crippen LogP contribution in [0.2, 0.25) is 0 Å². The van der Waals surface area contributed by atoms with E-state index in [4.69, 9.17) is 11.0 Å². The highest BCUT2D eigenvalue weighted by Crippen LogP contribution is 2.26. The number of piperidine rings is 1. The molecule has 1 saturated heterocycles. The number of nitriles is 1. The average Bonchev–Trinajstić information content (AvgIpc) is 2.28. The molecule has 3 atom stereocenters. The van der Waals surface area contributed by atoms with E-state index in [1.807, 2.05) is 0 Å². The monoisotopic (exact) mass is 209 g/mol. The van der Waals surface area contributed by atoms with Crippen LogP contribution in [0.25, 0.3) is 0 Å². The number of nitrogens with two attached hydrogens (primary N) is 1. The molecule has 0 radical (unpaired) electrons. The zero-order chi connectivity index (χ0) is 11.3. The number of likely N-dealkylation sites (tertiary alicyclic amines) is 1. The normalized spacial score (nSPS) is 29.7. The van der Waals surface area contributed by atoms with Crippen LogP contribution in [-0.2, 0) is 0 Å². The van der Waals surface area contributed by atoms with Gasteiger partial charge in [0.1, 0.15) is 0 Å². The topological polar surface area (TPSA) is 53.0 Å². The Labute approximate surface area is 93.2 Å². The maximum atomic E-state index is 8.72. The summed E-state index contributed by atoms with van der Waals surface area (Å²) in [5.74, 6) is 0.837. The van der Waals surface area contributed by atoms with Gasteiger partial charge in [-0.1, -0.05) is 13.3 Å². The van der Waals surface area contributed by atoms with Crippen molar-refractivity contribution in [3.05, 3.63) is 0 Å². The first-order valence-corrected chi connectivity index (χ1v) is 6.05. The summed E-state index contributed by atoms with van der Waals surface area (Å²) in [4.78, 5) is 2.43. The number of hydrogen-bond donors (Lipinski definition) is 1. The number of rotatable bonds is 4. The minimum Gasteiger partial charge on any atom is -0.329 e. The molecule has 15 heavy (non-hydrogen) atoms. The van der Waals surface area contributed by atoms with Crippen molar-refractivity contribution in [2.75, 3.05) is 13.1 Å². The van der Waals surface area contributed by atoms with Gasteiger partial charge in [-0.3, -0.25) is 4.90 Å². The second kappa shape index (κ2) is 6.09. The third-order valence-electron chi connectivity index (χ3n) is 3.67. The van der Waals surface area contributed by atoms with Gasteiger partial charge in [0.15, 0.2) is 0 Å². The molecule has 1 heterocycles. The van der Waals surface area contributed by atoms with Crippen LogP contribution < -0.4 is 5.73 Å². The fraction of sp³-hybridized carbons (Fsp3) is 0.917. The van der Waals surface area contributed by atoms with E-state index in [0.717, 1.165) is 19.0 Å². The lowest BCUT2D eigenvalue weighted by atomic mass is 9.88. The van der Waals surface area contributed by atoms with Crippen LogP contribution in [0.5, 0.6) is 0 Å². The predicted molar refractivity (Wildman–Crippen MR) is 62.3 cm³/mol. The Morgan fingerprint density at radius 3 is 2.87 bits per heavy atom. The molecule has 0 aromatic heterocycles. The van der Waals surface area contributed by atoms with Gasteiger partial charge in [0.25, 0.3) is 0 Å². The minimum atomic E-state index is 0.362. The Bertz CT molecular complexity index is 221. The summed E-state index contributed by atoms with van der Waals surface area (Å²) in [6, 6.07) is 3.11. The van der Waals surface area contributed by atoms with Gasteiger partial charge in [-0.25, -0.2) is 0 Å². The maximum Gasteiger partial charge on any atom is 0.0638 e. The third-order valence-corrected chi connectivity index (χ3v) is 3.67. The largest absolute Gasteiger partial charge is 0.329 e. The first kappa shape index (κ1) is 12.5. The molecule has 0 bridgehead atoms. The van der Waals surface area contributed by atoms with Crippen LogP contribution in [0.1, 0.15) is 39.5 Å². The lowest BCUT2D eigenvalue weighted by molar-refractivity contribution is 0.0792. The van der Waals surface area contributed by atoms with Gasteiger partial charge in [0.05, 0.1) is 12.5 Å². The van der Waals surface area contributed by atoms with E-state index in [1.54, 1.807) is 0 Å². The van der Waals surface area contributed by atoms with Gasteiger partial charge in [0, 0.05) is 18.6 Å². The predicted octanol–water partition coefficient (Wildman–Crippen LogP) is 1.74. The van der Waals surface area contributed by atoms with E-state index in [9.17, 15) is 0 Å². The first-order chi connectivity index (χ1) is 7.22. The molecular formula is C12H23N3. The van der Waals surface area contributed by atoms with Crippen molar-refractivity contribution in [1.82, 2.24) is 4.90 Å². The molecule has 0 saturated carbocycles. The molecule has 0 amide bonds. The van der Waals surface area contributed by atoms with Gasteiger partial charge in [-0.2, -0.15) is 5.26 Å². The van der Waals surface area contributed by atoms with Crippen molar-refractivity contribution in [2.45, 2.75) is 51.6 Å². The van der Waals surface area contributed by atoms with Crippen molar-refractivity contribution < 1.29 is 0 Å². The van der Waals surface area contributed by atoms with Gasteiger partial charge in [-0.05, 0) is 32.2 Å². The molecule has 0 spiro atoms. The van der Waals surface area contributed by atoms with E-state index in [0.29, 0.717) is 18.5 Å². The Balaban J connectivity index is 2.54. The molecule has 1 fully saturated rings. The lowest BCUT2D eigenvalue weighted by Gasteiger charge is -2.41. The molecule has 2 N–H and O–H groups in total. The highest BCUT2D eigenvalue weighted by atomic mass is 15.2. The summed E-state index contributed by atoms with van der Waals surface area (Å²) in [5, 5.41) is 8.72. The number of nitrogens with zero attached hydrogens (tertiary/aromatic N) is 2. The third kappa shape index (κ3) is 3.19. The molecule has 0 aliphatic carbocycles. The zero-order valence-corrected chi connectivity index (χ0v) is 9.95. The Morgan fingerprint density at radius 2 is 2.33 bits per heavy atom. The van der Waals surface area contributed by atoms with Crippen LogP contribution >= 0.6 is 0 Å². The van der Waals surface area contributed by atoms with Crippen LogP contribution in [-0.4, -0.2) is 30.1 Å². The van der Waals surface area contributed by atoms with Crippen LogP contribution in [0, 0.1) is 17.2 Å². The fourth-order valence-electron chi connectivity index (χ4n) is 2.58. The molecule has 3 unspecified atom stereocenters. The molecule has 1 aliphatic heterocycles. The molecule has 0 aromatic rings. The van der Waals surface area contributed by atoms with Crippen molar-refractivity contribution in [3.8, 4) is 6.07 Å². The average molecular weight is 209 g/mol. The molecule has 3 heteroatoms. The first-order valence-electron chi connectivity index (χ1n) is 6.05. The molecule has 1 rings (SSSR count). The van der Waals surface area contributed by atoms with E-state index < -0.39 is 0 Å². The van der Waals surface area contributed by atoms with E-state index >= 15 is 0 Å². The highest BCUT2D eigenvalue weighted by Gasteiger charge is 2.29. The summed E-state index contributed by atoms with van der Waals surface area (Å²) in [7, 11) is 0. The van der Waals surface area contributed by atoms with Gasteiger partial charge < -0.3 is 5.73 Å². The molecule has 1 aliphatic rings. The summed E-state index contributed by atoms with van der Waals surface area (Å²) in [6.45, 7) is 6.24. The van der Waals surface area contributed by atoms with Gasteiger partial charge >= 0.3 is 0 Å². The molecule has 86 valence electrons. The second-order valence-electron chi connectivity index (χ2n) is 4.64. The van der Waals surface area contributed by atoms with Crippen LogP contribution in [0.3, 0.4) is 0 Å². The molecule has 3 nitrogen and oxygen atoms in total. The Morgan fingerprint density at radius 1 is 1.60 bits per heavy atom. The standard InChI is InChI=1S/C12H23N3/c1-3-11-5-7-15(10(2)4-6-13)12(8-11)9-14/h10-12H,3-5,7-9,14H2,1-2H3. The van der Waals surface area contributed by atoms with Crippen molar-refractivity contribution in [2.24, 2.45) is 11.7 Å². The SMILES string of the molecule is CCC1CCN(C(C)CC#N)C(CN)C1. The summed E-state index contributed by atoms with van der Waals surface area (Å²) in [6.07, 6.45) is 4.36. The zero-order valence-electron chi connectivity index (χ0n) is 9.95. The number of hydrogen-bond acceptors (Lipinski definition) is 3. The molecular weight excluding hydrogens is 186 g/mol. The Kier molecular flexibility index (Phi) is 5.07. The summed E-state index contributed by atoms with van der Waals surface area (Å²) >= 11 is 0. The van der Waals surface area contributed by atoms with Crippen LogP contribution in [0.15, 0.2) is 0 Å². The van der Waals surface area contributed by atoms with Gasteiger partial charge in [0.2, 0.25) is 0 Å². The van der Waals surface area contributed by atoms with Crippen molar-refractivity contribution in [1.29, 1.82) is 5.26 Å². The lowest BCUT2D eigenvalue weighted by Crippen LogP contribution is -2.50.